The summed E-state index contributed by atoms with van der Waals surface area (Å²) in [4.78, 5) is 17.1. The van der Waals surface area contributed by atoms with Gasteiger partial charge in [-0.1, -0.05) is 69.2 Å². The molecule has 0 aromatic rings. The minimum absolute atomic E-state index is 0.265. The van der Waals surface area contributed by atoms with Crippen LogP contribution in [-0.2, 0) is 9.63 Å². The first kappa shape index (κ1) is 17.9. The van der Waals surface area contributed by atoms with Crippen molar-refractivity contribution in [2.45, 2.75) is 31.4 Å². The van der Waals surface area contributed by atoms with E-state index in [-0.39, 0.29) is 6.42 Å². The summed E-state index contributed by atoms with van der Waals surface area (Å²) >= 11 is 0. The maximum absolute atomic E-state index is 11.3. The van der Waals surface area contributed by atoms with E-state index in [4.69, 9.17) is 4.84 Å². The minimum Gasteiger partial charge on any atom is -0.480 e. The van der Waals surface area contributed by atoms with Crippen LogP contribution in [0.1, 0.15) is 19.8 Å². The normalized spacial score (nSPS) is 26.1. The number of aliphatic carboxylic acids is 1. The van der Waals surface area contributed by atoms with E-state index >= 15 is 0 Å². The molecule has 2 atom stereocenters. The predicted octanol–water partition coefficient (Wildman–Crippen LogP) is 3.48. The highest BCUT2D eigenvalue weighted by Crippen LogP contribution is 2.39. The van der Waals surface area contributed by atoms with Gasteiger partial charge in [0.25, 0.3) is 0 Å². The van der Waals surface area contributed by atoms with E-state index in [1.54, 1.807) is 30.4 Å². The van der Waals surface area contributed by atoms with E-state index in [1.807, 2.05) is 19.1 Å². The zero-order chi connectivity index (χ0) is 16.6. The van der Waals surface area contributed by atoms with E-state index in [2.05, 4.69) is 25.2 Å². The molecule has 4 nitrogen and oxygen atoms in total. The summed E-state index contributed by atoms with van der Waals surface area (Å²) in [6, 6.07) is -0.787. The van der Waals surface area contributed by atoms with Crippen LogP contribution in [0, 0.1) is 0 Å². The highest BCUT2D eigenvalue weighted by molar-refractivity contribution is 5.74. The lowest BCUT2D eigenvalue weighted by Crippen LogP contribution is -2.33. The van der Waals surface area contributed by atoms with Gasteiger partial charge in [-0.2, -0.15) is 5.48 Å². The number of hydrogen-bond acceptors (Lipinski definition) is 3. The molecular weight excluding hydrogens is 278 g/mol. The number of allylic oxidation sites excluding steroid dienone is 5. The summed E-state index contributed by atoms with van der Waals surface area (Å²) in [5.41, 5.74) is 3.32. The Kier molecular flexibility index (Phi) is 6.76. The molecule has 0 spiro atoms. The third kappa shape index (κ3) is 3.72. The Hall–Kier alpha value is -2.17. The van der Waals surface area contributed by atoms with Crippen LogP contribution in [0.2, 0.25) is 0 Å². The molecule has 0 radical (unpaired) electrons. The standard InChI is InChI=1S/C18H23NO3/c1-5-9-12-15(11-7-3)18(14(8-4)10-6-2)13-16(17(20)21)19-22-18/h5-6,8-12,16,19H,1-2,4,7,13H2,3H3,(H,20,21)/b12-9-,14-10+,15-11+. The Labute approximate surface area is 131 Å². The van der Waals surface area contributed by atoms with Crippen LogP contribution < -0.4 is 5.48 Å². The lowest BCUT2D eigenvalue weighted by Gasteiger charge is -2.30. The van der Waals surface area contributed by atoms with Gasteiger partial charge in [0.05, 0.1) is 0 Å². The Morgan fingerprint density at radius 2 is 2.09 bits per heavy atom. The maximum Gasteiger partial charge on any atom is 0.323 e. The van der Waals surface area contributed by atoms with Crippen molar-refractivity contribution < 1.29 is 14.7 Å². The van der Waals surface area contributed by atoms with E-state index in [0.29, 0.717) is 0 Å². The highest BCUT2D eigenvalue weighted by atomic mass is 16.7. The molecule has 2 N–H and O–H groups in total. The SMILES string of the molecule is C=C/C=C\C(=C/CC)C1(/C(C=C)=C/C=C)CC(C(=O)O)NO1. The Morgan fingerprint density at radius 1 is 1.36 bits per heavy atom. The number of carboxylic acid groups (broad SMARTS) is 1. The van der Waals surface area contributed by atoms with E-state index in [0.717, 1.165) is 17.6 Å². The summed E-state index contributed by atoms with van der Waals surface area (Å²) in [6.45, 7) is 13.2. The van der Waals surface area contributed by atoms with Gasteiger partial charge in [0.1, 0.15) is 11.6 Å². The summed E-state index contributed by atoms with van der Waals surface area (Å²) in [5.74, 6) is -0.951. The van der Waals surface area contributed by atoms with Gasteiger partial charge in [-0.25, -0.2) is 0 Å². The molecule has 1 aliphatic heterocycles. The molecule has 0 amide bonds. The highest BCUT2D eigenvalue weighted by Gasteiger charge is 2.47. The summed E-state index contributed by atoms with van der Waals surface area (Å²) in [5, 5.41) is 9.26. The van der Waals surface area contributed by atoms with Gasteiger partial charge < -0.3 is 5.11 Å². The number of carboxylic acids is 1. The van der Waals surface area contributed by atoms with E-state index in [9.17, 15) is 9.90 Å². The molecule has 118 valence electrons. The molecule has 1 saturated heterocycles. The fraction of sp³-hybridized carbons (Fsp3) is 0.278. The first-order chi connectivity index (χ1) is 10.6. The monoisotopic (exact) mass is 301 g/mol. The van der Waals surface area contributed by atoms with Gasteiger partial charge in [-0.15, -0.1) is 0 Å². The number of carbonyl (C=O) groups is 1. The van der Waals surface area contributed by atoms with Crippen molar-refractivity contribution in [1.29, 1.82) is 0 Å². The van der Waals surface area contributed by atoms with Crippen LogP contribution in [-0.4, -0.2) is 22.7 Å². The summed E-state index contributed by atoms with van der Waals surface area (Å²) < 4.78 is 0. The lowest BCUT2D eigenvalue weighted by molar-refractivity contribution is -0.140. The van der Waals surface area contributed by atoms with Crippen molar-refractivity contribution in [2.75, 3.05) is 0 Å². The topological polar surface area (TPSA) is 58.6 Å². The van der Waals surface area contributed by atoms with Crippen molar-refractivity contribution >= 4 is 5.97 Å². The van der Waals surface area contributed by atoms with Gasteiger partial charge >= 0.3 is 5.97 Å². The van der Waals surface area contributed by atoms with Crippen molar-refractivity contribution in [3.8, 4) is 0 Å². The quantitative estimate of drug-likeness (QED) is 0.674. The number of hydrogen-bond donors (Lipinski definition) is 2. The fourth-order valence-corrected chi connectivity index (χ4v) is 2.45. The lowest BCUT2D eigenvalue weighted by atomic mass is 9.80. The van der Waals surface area contributed by atoms with E-state index in [1.165, 1.54) is 0 Å². The Morgan fingerprint density at radius 3 is 2.55 bits per heavy atom. The molecule has 1 fully saturated rings. The fourth-order valence-electron chi connectivity index (χ4n) is 2.45. The average Bonchev–Trinajstić information content (AvgIpc) is 2.95. The minimum atomic E-state index is -0.951. The molecule has 2 unspecified atom stereocenters. The molecule has 4 heteroatoms. The molecular formula is C18H23NO3. The molecule has 0 aromatic heterocycles. The van der Waals surface area contributed by atoms with Crippen molar-refractivity contribution in [1.82, 2.24) is 5.48 Å². The average molecular weight is 301 g/mol. The Bertz CT molecular complexity index is 543. The number of rotatable bonds is 8. The van der Waals surface area contributed by atoms with Gasteiger partial charge in [0, 0.05) is 6.42 Å². The third-order valence-corrected chi connectivity index (χ3v) is 3.45. The van der Waals surface area contributed by atoms with Gasteiger partial charge in [0.2, 0.25) is 0 Å². The van der Waals surface area contributed by atoms with Crippen LogP contribution >= 0.6 is 0 Å². The molecule has 22 heavy (non-hydrogen) atoms. The van der Waals surface area contributed by atoms with Gasteiger partial charge in [0.15, 0.2) is 0 Å². The molecule has 0 aliphatic carbocycles. The molecule has 1 heterocycles. The van der Waals surface area contributed by atoms with Crippen LogP contribution in [0.15, 0.2) is 73.4 Å². The first-order valence-corrected chi connectivity index (χ1v) is 7.17. The van der Waals surface area contributed by atoms with Crippen LogP contribution in [0.25, 0.3) is 0 Å². The van der Waals surface area contributed by atoms with Crippen molar-refractivity contribution in [2.24, 2.45) is 0 Å². The predicted molar refractivity (Wildman–Crippen MR) is 89.2 cm³/mol. The second-order valence-corrected chi connectivity index (χ2v) is 4.87. The second-order valence-electron chi connectivity index (χ2n) is 4.87. The van der Waals surface area contributed by atoms with Gasteiger partial charge in [-0.05, 0) is 17.6 Å². The smallest absolute Gasteiger partial charge is 0.323 e. The zero-order valence-corrected chi connectivity index (χ0v) is 12.9. The summed E-state index contributed by atoms with van der Waals surface area (Å²) in [7, 11) is 0. The van der Waals surface area contributed by atoms with Crippen LogP contribution in [0.3, 0.4) is 0 Å². The molecule has 1 rings (SSSR count). The zero-order valence-electron chi connectivity index (χ0n) is 12.9. The summed E-state index contributed by atoms with van der Waals surface area (Å²) in [6.07, 6.45) is 13.5. The molecule has 0 saturated carbocycles. The third-order valence-electron chi connectivity index (χ3n) is 3.45. The van der Waals surface area contributed by atoms with Crippen molar-refractivity contribution in [3.05, 3.63) is 73.4 Å². The largest absolute Gasteiger partial charge is 0.480 e. The number of hydroxylamine groups is 1. The Balaban J connectivity index is 3.42. The maximum atomic E-state index is 11.3. The van der Waals surface area contributed by atoms with Gasteiger partial charge in [-0.3, -0.25) is 9.63 Å². The molecule has 0 aromatic carbocycles. The molecule has 0 bridgehead atoms. The van der Waals surface area contributed by atoms with E-state index < -0.39 is 17.6 Å². The second kappa shape index (κ2) is 8.32. The molecule has 1 aliphatic rings. The first-order valence-electron chi connectivity index (χ1n) is 7.17. The van der Waals surface area contributed by atoms with Crippen molar-refractivity contribution in [3.63, 3.8) is 0 Å². The van der Waals surface area contributed by atoms with Crippen LogP contribution in [0.5, 0.6) is 0 Å². The van der Waals surface area contributed by atoms with Crippen LogP contribution in [0.4, 0.5) is 0 Å². The number of nitrogens with one attached hydrogen (secondary N) is 1.